The molecule has 336 valence electrons. The highest BCUT2D eigenvalue weighted by Crippen LogP contribution is 2.31. The van der Waals surface area contributed by atoms with Crippen LogP contribution in [0.2, 0.25) is 0 Å². The second kappa shape index (κ2) is 20.1. The van der Waals surface area contributed by atoms with E-state index in [-0.39, 0.29) is 11.8 Å². The van der Waals surface area contributed by atoms with E-state index in [0.717, 1.165) is 80.2 Å². The van der Waals surface area contributed by atoms with Gasteiger partial charge in [0.25, 0.3) is 11.8 Å². The standard InChI is InChI=1S/C29H28N6O.C25H20N6O/c1-34(2)15-7-13-31-29(36)24-11-6-10-22(16-24)25-18-28-32-20-27(35(28)33-19-25)23-12-14-30-26(17-23)21-8-4-3-5-9-21;1-27-25(32)19-9-5-8-17(12-19)20-14-22-30-24(26)23(31(22)29-15-20)18-10-11-28-21(13-18)16-6-3-2-4-7-16/h3-6,8-12,14,16-20H,7,13,15H2,1-2H3,(H,31,36);2-15H,26H2,1H3,(H,27,32). The highest BCUT2D eigenvalue weighted by Gasteiger charge is 2.17. The minimum Gasteiger partial charge on any atom is -0.382 e. The van der Waals surface area contributed by atoms with E-state index in [4.69, 9.17) is 5.73 Å². The lowest BCUT2D eigenvalue weighted by molar-refractivity contribution is 0.0948. The van der Waals surface area contributed by atoms with Crippen molar-refractivity contribution in [1.82, 2.24) is 54.7 Å². The van der Waals surface area contributed by atoms with Crippen molar-refractivity contribution >= 4 is 28.9 Å². The molecule has 10 aromatic rings. The van der Waals surface area contributed by atoms with E-state index >= 15 is 0 Å². The van der Waals surface area contributed by atoms with Crippen LogP contribution in [0.1, 0.15) is 27.1 Å². The third kappa shape index (κ3) is 9.85. The first-order chi connectivity index (χ1) is 33.2. The average Bonchev–Trinajstić information content (AvgIpc) is 3.97. The van der Waals surface area contributed by atoms with Crippen molar-refractivity contribution in [2.24, 2.45) is 0 Å². The molecule has 6 aromatic heterocycles. The van der Waals surface area contributed by atoms with Crippen LogP contribution in [-0.2, 0) is 0 Å². The zero-order valence-electron chi connectivity index (χ0n) is 37.8. The van der Waals surface area contributed by atoms with Crippen molar-refractivity contribution < 1.29 is 9.59 Å². The lowest BCUT2D eigenvalue weighted by Crippen LogP contribution is -2.27. The molecule has 0 radical (unpaired) electrons. The Bertz CT molecular complexity index is 3390. The molecule has 0 aliphatic rings. The number of imidazole rings is 2. The number of aromatic nitrogens is 8. The number of hydrogen-bond acceptors (Lipinski definition) is 10. The second-order valence-electron chi connectivity index (χ2n) is 16.3. The predicted octanol–water partition coefficient (Wildman–Crippen LogP) is 8.87. The topological polar surface area (TPSA) is 174 Å². The first-order valence-electron chi connectivity index (χ1n) is 22.1. The summed E-state index contributed by atoms with van der Waals surface area (Å²) in [6.07, 6.45) is 9.86. The third-order valence-electron chi connectivity index (χ3n) is 11.3. The summed E-state index contributed by atoms with van der Waals surface area (Å²) in [6, 6.07) is 46.8. The minimum atomic E-state index is -0.139. The molecule has 4 N–H and O–H groups in total. The first-order valence-corrected chi connectivity index (χ1v) is 22.1. The van der Waals surface area contributed by atoms with Crippen LogP contribution in [0, 0.1) is 0 Å². The molecule has 2 amide bonds. The number of carbonyl (C=O) groups is 2. The van der Waals surface area contributed by atoms with E-state index in [0.29, 0.717) is 34.8 Å². The van der Waals surface area contributed by atoms with Crippen LogP contribution >= 0.6 is 0 Å². The maximum absolute atomic E-state index is 12.6. The molecule has 0 saturated heterocycles. The van der Waals surface area contributed by atoms with Gasteiger partial charge in [0, 0.05) is 70.5 Å². The summed E-state index contributed by atoms with van der Waals surface area (Å²) >= 11 is 0. The first kappa shape index (κ1) is 44.3. The fourth-order valence-corrected chi connectivity index (χ4v) is 7.84. The van der Waals surface area contributed by atoms with Crippen LogP contribution in [-0.4, -0.2) is 90.1 Å². The van der Waals surface area contributed by atoms with Gasteiger partial charge < -0.3 is 21.3 Å². The molecular formula is C54H48N12O2. The number of pyridine rings is 2. The third-order valence-corrected chi connectivity index (χ3v) is 11.3. The van der Waals surface area contributed by atoms with Gasteiger partial charge in [-0.25, -0.2) is 19.0 Å². The van der Waals surface area contributed by atoms with Crippen molar-refractivity contribution in [2.45, 2.75) is 6.42 Å². The maximum Gasteiger partial charge on any atom is 0.251 e. The highest BCUT2D eigenvalue weighted by atomic mass is 16.2. The quantitative estimate of drug-likeness (QED) is 0.101. The van der Waals surface area contributed by atoms with Crippen molar-refractivity contribution in [3.63, 3.8) is 0 Å². The molecule has 0 aliphatic carbocycles. The molecule has 4 aromatic carbocycles. The van der Waals surface area contributed by atoms with Gasteiger partial charge in [0.05, 0.1) is 35.7 Å². The number of fused-ring (bicyclic) bond motifs is 2. The van der Waals surface area contributed by atoms with E-state index in [1.807, 2.05) is 171 Å². The largest absolute Gasteiger partial charge is 0.382 e. The minimum absolute atomic E-state index is 0.0698. The zero-order chi connectivity index (χ0) is 47.0. The van der Waals surface area contributed by atoms with Gasteiger partial charge in [-0.2, -0.15) is 10.2 Å². The van der Waals surface area contributed by atoms with Gasteiger partial charge in [0.1, 0.15) is 5.69 Å². The summed E-state index contributed by atoms with van der Waals surface area (Å²) < 4.78 is 3.56. The van der Waals surface area contributed by atoms with E-state index in [2.05, 4.69) is 51.7 Å². The Morgan fingerprint density at radius 3 is 1.74 bits per heavy atom. The van der Waals surface area contributed by atoms with E-state index in [1.165, 1.54) is 0 Å². The summed E-state index contributed by atoms with van der Waals surface area (Å²) in [5.41, 5.74) is 19.7. The number of anilines is 1. The molecule has 68 heavy (non-hydrogen) atoms. The Labute approximate surface area is 393 Å². The van der Waals surface area contributed by atoms with E-state index in [1.54, 1.807) is 30.0 Å². The Morgan fingerprint density at radius 1 is 0.559 bits per heavy atom. The monoisotopic (exact) mass is 896 g/mol. The number of nitrogens with two attached hydrogens (primary N) is 1. The second-order valence-corrected chi connectivity index (χ2v) is 16.3. The Balaban J connectivity index is 0.000000171. The van der Waals surface area contributed by atoms with Crippen LogP contribution < -0.4 is 16.4 Å². The van der Waals surface area contributed by atoms with Crippen molar-refractivity contribution in [2.75, 3.05) is 40.0 Å². The summed E-state index contributed by atoms with van der Waals surface area (Å²) in [4.78, 5) is 44.8. The number of nitrogen functional groups attached to an aromatic ring is 1. The molecule has 0 unspecified atom stereocenters. The van der Waals surface area contributed by atoms with E-state index in [9.17, 15) is 9.59 Å². The normalized spacial score (nSPS) is 11.1. The van der Waals surface area contributed by atoms with Gasteiger partial charge >= 0.3 is 0 Å². The Hall–Kier alpha value is -8.88. The van der Waals surface area contributed by atoms with Crippen molar-refractivity contribution in [1.29, 1.82) is 0 Å². The molecule has 6 heterocycles. The number of nitrogens with one attached hydrogen (secondary N) is 2. The molecule has 14 nitrogen and oxygen atoms in total. The lowest BCUT2D eigenvalue weighted by Gasteiger charge is -2.10. The lowest BCUT2D eigenvalue weighted by atomic mass is 10.0. The molecule has 0 aliphatic heterocycles. The van der Waals surface area contributed by atoms with Gasteiger partial charge in [0.15, 0.2) is 17.1 Å². The zero-order valence-corrected chi connectivity index (χ0v) is 37.8. The average molecular weight is 897 g/mol. The SMILES string of the molecule is CN(C)CCCNC(=O)c1cccc(-c2cnn3c(-c4ccnc(-c5ccccc5)c4)cnc3c2)c1.CNC(=O)c1cccc(-c2cnn3c(-c4ccnc(-c5ccccc5)c4)c(N)nc3c2)c1. The van der Waals surface area contributed by atoms with Gasteiger partial charge in [-0.05, 0) is 98.9 Å². The number of benzene rings is 4. The van der Waals surface area contributed by atoms with Crippen LogP contribution in [0.15, 0.2) is 177 Å². The summed E-state index contributed by atoms with van der Waals surface area (Å²) in [6.45, 7) is 1.58. The number of rotatable bonds is 12. The summed E-state index contributed by atoms with van der Waals surface area (Å²) in [7, 11) is 5.66. The van der Waals surface area contributed by atoms with Crippen LogP contribution in [0.25, 0.3) is 78.6 Å². The summed E-state index contributed by atoms with van der Waals surface area (Å²) in [5, 5.41) is 14.9. The van der Waals surface area contributed by atoms with Gasteiger partial charge in [-0.15, -0.1) is 0 Å². The van der Waals surface area contributed by atoms with Gasteiger partial charge in [-0.1, -0.05) is 84.9 Å². The molecule has 14 heteroatoms. The number of hydrogen-bond donors (Lipinski definition) is 3. The molecule has 0 saturated carbocycles. The molecule has 0 fully saturated rings. The van der Waals surface area contributed by atoms with Crippen molar-refractivity contribution in [3.8, 4) is 67.3 Å². The molecule has 0 spiro atoms. The fraction of sp³-hybridized carbons (Fsp3) is 0.111. The Kier molecular flexibility index (Phi) is 13.1. The fourth-order valence-electron chi connectivity index (χ4n) is 7.84. The van der Waals surface area contributed by atoms with Gasteiger partial charge in [0.2, 0.25) is 0 Å². The highest BCUT2D eigenvalue weighted by molar-refractivity contribution is 5.96. The molecular weight excluding hydrogens is 849 g/mol. The predicted molar refractivity (Wildman–Crippen MR) is 267 cm³/mol. The van der Waals surface area contributed by atoms with E-state index < -0.39 is 0 Å². The smallest absolute Gasteiger partial charge is 0.251 e. The number of carbonyl (C=O) groups excluding carboxylic acids is 2. The van der Waals surface area contributed by atoms with Crippen LogP contribution in [0.3, 0.4) is 0 Å². The molecule has 0 bridgehead atoms. The molecule has 10 rings (SSSR count). The van der Waals surface area contributed by atoms with Gasteiger partial charge in [-0.3, -0.25) is 19.6 Å². The van der Waals surface area contributed by atoms with Crippen LogP contribution in [0.5, 0.6) is 0 Å². The van der Waals surface area contributed by atoms with Crippen molar-refractivity contribution in [3.05, 3.63) is 188 Å². The number of nitrogens with zero attached hydrogens (tertiary/aromatic N) is 9. The Morgan fingerprint density at radius 2 is 1.12 bits per heavy atom. The van der Waals surface area contributed by atoms with Crippen LogP contribution in [0.4, 0.5) is 5.82 Å². The number of amides is 2. The summed E-state index contributed by atoms with van der Waals surface area (Å²) in [5.74, 6) is 0.179. The molecule has 0 atom stereocenters. The maximum atomic E-state index is 12.6.